The number of nitrogens with zero attached hydrogens (tertiary/aromatic N) is 3. The second-order valence-corrected chi connectivity index (χ2v) is 11.0. The van der Waals surface area contributed by atoms with E-state index >= 15 is 0 Å². The summed E-state index contributed by atoms with van der Waals surface area (Å²) in [6.07, 6.45) is -5.88. The molecule has 1 atom stereocenters. The number of carbonyl (C=O) groups excluding carboxylic acids is 1. The molecule has 36 heavy (non-hydrogen) atoms. The number of carbonyl (C=O) groups is 1. The Morgan fingerprint density at radius 1 is 1.06 bits per heavy atom. The number of benzene rings is 2. The summed E-state index contributed by atoms with van der Waals surface area (Å²) in [5, 5.41) is 1.50. The summed E-state index contributed by atoms with van der Waals surface area (Å²) >= 11 is 6.03. The van der Waals surface area contributed by atoms with Gasteiger partial charge in [-0.15, -0.1) is 0 Å². The van der Waals surface area contributed by atoms with Gasteiger partial charge in [0.1, 0.15) is 11.6 Å². The Labute approximate surface area is 211 Å². The summed E-state index contributed by atoms with van der Waals surface area (Å²) in [6, 6.07) is 12.4. The number of amides is 1. The van der Waals surface area contributed by atoms with Crippen molar-refractivity contribution in [2.24, 2.45) is 0 Å². The van der Waals surface area contributed by atoms with Crippen LogP contribution in [0.4, 0.5) is 19.0 Å². The van der Waals surface area contributed by atoms with Gasteiger partial charge < -0.3 is 14.5 Å². The second-order valence-electron chi connectivity index (χ2n) is 8.52. The summed E-state index contributed by atoms with van der Waals surface area (Å²) in [7, 11) is -3.70. The minimum atomic E-state index is -4.65. The number of halogens is 4. The monoisotopic (exact) mass is 541 g/mol. The van der Waals surface area contributed by atoms with E-state index in [0.29, 0.717) is 18.1 Å². The lowest BCUT2D eigenvalue weighted by Gasteiger charge is -2.36. The predicted octanol–water partition coefficient (Wildman–Crippen LogP) is 4.58. The quantitative estimate of drug-likeness (QED) is 0.470. The number of aromatic nitrogens is 1. The van der Waals surface area contributed by atoms with Crippen molar-refractivity contribution >= 4 is 44.1 Å². The first-order chi connectivity index (χ1) is 16.8. The average molecular weight is 542 g/mol. The zero-order chi connectivity index (χ0) is 26.3. The molecular weight excluding hydrogens is 519 g/mol. The molecule has 0 unspecified atom stereocenters. The Balaban J connectivity index is 1.54. The maximum absolute atomic E-state index is 13.3. The Morgan fingerprint density at radius 3 is 2.39 bits per heavy atom. The first-order valence-corrected chi connectivity index (χ1v) is 13.3. The van der Waals surface area contributed by atoms with E-state index < -0.39 is 28.0 Å². The van der Waals surface area contributed by atoms with Crippen LogP contribution in [0.5, 0.6) is 5.75 Å². The molecule has 0 bridgehead atoms. The van der Waals surface area contributed by atoms with Gasteiger partial charge in [0.05, 0.1) is 16.0 Å². The van der Waals surface area contributed by atoms with Crippen LogP contribution in [0, 0.1) is 0 Å². The first kappa shape index (κ1) is 26.0. The van der Waals surface area contributed by atoms with Gasteiger partial charge in [0.25, 0.3) is 5.91 Å². The van der Waals surface area contributed by atoms with Crippen LogP contribution in [0.1, 0.15) is 17.3 Å². The van der Waals surface area contributed by atoms with Gasteiger partial charge in [0.2, 0.25) is 0 Å². The molecule has 0 saturated carbocycles. The highest BCUT2D eigenvalue weighted by Crippen LogP contribution is 2.30. The highest BCUT2D eigenvalue weighted by atomic mass is 35.5. The zero-order valence-corrected chi connectivity index (χ0v) is 21.0. The average Bonchev–Trinajstić information content (AvgIpc) is 2.82. The number of piperazine rings is 1. The van der Waals surface area contributed by atoms with Crippen LogP contribution in [0.15, 0.2) is 53.4 Å². The summed E-state index contributed by atoms with van der Waals surface area (Å²) in [4.78, 5) is 21.2. The minimum Gasteiger partial charge on any atom is -0.480 e. The SMILES string of the molecule is C[C@H](Oc1ccc(S(C)(=O)=O)cc1C(=O)N1CCN(c2ccc3cc(Cl)ccc3n2)CC1)C(F)(F)F. The van der Waals surface area contributed by atoms with E-state index in [2.05, 4.69) is 4.98 Å². The van der Waals surface area contributed by atoms with Gasteiger partial charge in [0.15, 0.2) is 15.9 Å². The Bertz CT molecular complexity index is 1410. The van der Waals surface area contributed by atoms with E-state index in [0.717, 1.165) is 48.1 Å². The number of sulfone groups is 1. The molecule has 0 N–H and O–H groups in total. The molecule has 1 fully saturated rings. The molecule has 7 nitrogen and oxygen atoms in total. The molecule has 2 aromatic carbocycles. The number of fused-ring (bicyclic) bond motifs is 1. The number of alkyl halides is 3. The highest BCUT2D eigenvalue weighted by Gasteiger charge is 2.39. The molecule has 0 spiro atoms. The van der Waals surface area contributed by atoms with Crippen molar-refractivity contribution < 1.29 is 31.1 Å². The van der Waals surface area contributed by atoms with Crippen LogP contribution in [-0.4, -0.2) is 68.9 Å². The van der Waals surface area contributed by atoms with Crippen LogP contribution < -0.4 is 9.64 Å². The Morgan fingerprint density at radius 2 is 1.75 bits per heavy atom. The van der Waals surface area contributed by atoms with Crippen LogP contribution in [0.2, 0.25) is 5.02 Å². The van der Waals surface area contributed by atoms with Crippen molar-refractivity contribution in [3.05, 3.63) is 59.1 Å². The fourth-order valence-electron chi connectivity index (χ4n) is 3.84. The number of pyridine rings is 1. The maximum Gasteiger partial charge on any atom is 0.425 e. The molecule has 12 heteroatoms. The third-order valence-electron chi connectivity index (χ3n) is 5.90. The largest absolute Gasteiger partial charge is 0.480 e. The third-order valence-corrected chi connectivity index (χ3v) is 7.25. The molecule has 1 aromatic heterocycles. The molecule has 4 rings (SSSR count). The van der Waals surface area contributed by atoms with E-state index in [1.54, 1.807) is 6.07 Å². The molecule has 1 aliphatic rings. The van der Waals surface area contributed by atoms with Gasteiger partial charge in [-0.25, -0.2) is 13.4 Å². The van der Waals surface area contributed by atoms with E-state index in [9.17, 15) is 26.4 Å². The number of hydrogen-bond donors (Lipinski definition) is 0. The maximum atomic E-state index is 13.3. The van der Waals surface area contributed by atoms with Crippen molar-refractivity contribution in [3.8, 4) is 5.75 Å². The minimum absolute atomic E-state index is 0.183. The van der Waals surface area contributed by atoms with Crippen molar-refractivity contribution in [2.75, 3.05) is 37.3 Å². The van der Waals surface area contributed by atoms with Crippen LogP contribution in [-0.2, 0) is 9.84 Å². The van der Waals surface area contributed by atoms with Crippen molar-refractivity contribution in [2.45, 2.75) is 24.1 Å². The molecular formula is C24H23ClF3N3O4S. The van der Waals surface area contributed by atoms with Crippen molar-refractivity contribution in [1.82, 2.24) is 9.88 Å². The third kappa shape index (κ3) is 5.67. The molecule has 3 aromatic rings. The Hall–Kier alpha value is -3.05. The van der Waals surface area contributed by atoms with Gasteiger partial charge >= 0.3 is 6.18 Å². The molecule has 0 aliphatic carbocycles. The summed E-state index contributed by atoms with van der Waals surface area (Å²) < 4.78 is 68.3. The van der Waals surface area contributed by atoms with Crippen LogP contribution in [0.25, 0.3) is 10.9 Å². The van der Waals surface area contributed by atoms with Crippen molar-refractivity contribution in [3.63, 3.8) is 0 Å². The summed E-state index contributed by atoms with van der Waals surface area (Å²) in [5.41, 5.74) is 0.539. The Kier molecular flexibility index (Phi) is 7.07. The standard InChI is InChI=1S/C24H23ClF3N3O4S/c1-15(24(26,27)28)35-21-7-5-18(36(2,33)34)14-19(21)23(32)31-11-9-30(10-12-31)22-8-3-16-13-17(25)4-6-20(16)29-22/h3-8,13-15H,9-12H2,1-2H3/t15-/m0/s1. The lowest BCUT2D eigenvalue weighted by atomic mass is 10.1. The number of hydrogen-bond acceptors (Lipinski definition) is 6. The molecule has 192 valence electrons. The second kappa shape index (κ2) is 9.78. The van der Waals surface area contributed by atoms with E-state index in [-0.39, 0.29) is 29.3 Å². The van der Waals surface area contributed by atoms with Gasteiger partial charge in [-0.05, 0) is 55.5 Å². The lowest BCUT2D eigenvalue weighted by molar-refractivity contribution is -0.189. The number of ether oxygens (including phenoxy) is 1. The van der Waals surface area contributed by atoms with Gasteiger partial charge in [-0.2, -0.15) is 13.2 Å². The normalized spacial score (nSPS) is 15.7. The highest BCUT2D eigenvalue weighted by molar-refractivity contribution is 7.90. The molecule has 1 amide bonds. The van der Waals surface area contributed by atoms with Gasteiger partial charge in [-0.1, -0.05) is 11.6 Å². The molecule has 1 aliphatic heterocycles. The van der Waals surface area contributed by atoms with Crippen LogP contribution >= 0.6 is 11.6 Å². The van der Waals surface area contributed by atoms with E-state index in [1.807, 2.05) is 29.2 Å². The molecule has 1 saturated heterocycles. The topological polar surface area (TPSA) is 79.8 Å². The lowest BCUT2D eigenvalue weighted by Crippen LogP contribution is -2.49. The number of rotatable bonds is 5. The van der Waals surface area contributed by atoms with Gasteiger partial charge in [0, 0.05) is 42.8 Å². The summed E-state index contributed by atoms with van der Waals surface area (Å²) in [6.45, 7) is 2.20. The predicted molar refractivity (Wildman–Crippen MR) is 131 cm³/mol. The summed E-state index contributed by atoms with van der Waals surface area (Å²) in [5.74, 6) is -0.209. The molecule has 0 radical (unpaired) electrons. The zero-order valence-electron chi connectivity index (χ0n) is 19.4. The van der Waals surface area contributed by atoms with E-state index in [4.69, 9.17) is 16.3 Å². The fraction of sp³-hybridized carbons (Fsp3) is 0.333. The number of anilines is 1. The first-order valence-electron chi connectivity index (χ1n) is 11.0. The van der Waals surface area contributed by atoms with Gasteiger partial charge in [-0.3, -0.25) is 4.79 Å². The molecule has 2 heterocycles. The smallest absolute Gasteiger partial charge is 0.425 e. The van der Waals surface area contributed by atoms with Crippen molar-refractivity contribution in [1.29, 1.82) is 0 Å². The van der Waals surface area contributed by atoms with E-state index in [1.165, 1.54) is 4.90 Å². The fourth-order valence-corrected chi connectivity index (χ4v) is 4.67. The van der Waals surface area contributed by atoms with Crippen LogP contribution in [0.3, 0.4) is 0 Å².